The third-order valence-electron chi connectivity index (χ3n) is 19.3. The molecule has 7 N–H and O–H groups in total. The Morgan fingerprint density at radius 2 is 0.777 bits per heavy atom. The number of nitrogens with two attached hydrogens (primary N) is 1. The molecule has 15 heterocycles. The summed E-state index contributed by atoms with van der Waals surface area (Å²) in [6.45, 7) is 7.71. The lowest BCUT2D eigenvalue weighted by Gasteiger charge is -2.11. The molecular weight excluding hydrogens is 1430 g/mol. The van der Waals surface area contributed by atoms with Gasteiger partial charge in [0.15, 0.2) is 27.4 Å². The van der Waals surface area contributed by atoms with Gasteiger partial charge in [0.05, 0.1) is 102 Å². The van der Waals surface area contributed by atoms with Crippen molar-refractivity contribution < 1.29 is 28.8 Å². The third-order valence-corrected chi connectivity index (χ3v) is 20.9. The number of carbonyl (C=O) groups is 1. The highest BCUT2D eigenvalue weighted by Crippen LogP contribution is 2.34. The number of aliphatic imine (C=N–C) groups is 1. The minimum atomic E-state index is -1.06. The number of nitrogen functional groups attached to an aromatic ring is 1. The average molecular weight is 1500 g/mol. The Morgan fingerprint density at radius 3 is 1.06 bits per heavy atom. The summed E-state index contributed by atoms with van der Waals surface area (Å²) in [7, 11) is 0. The van der Waals surface area contributed by atoms with Crippen LogP contribution >= 0.6 is 58.2 Å². The standard InChI is InChI=1S/3C17H16ClN5O2.C10H11ClN2S.C8H11N3O3/c3*18-12-3-1-10(2-4-12)13-8-22-16(24)14-7-19-15(11-5-6-25-9-11)23(14)21-17(22)20-13;1-14-10-12-6-9(13-10)7-2-4-8(11)5-3-7;9-11-6(8(12)13)3-10-7(11)5-1-2-14-4-5/h3*1-4,7,11,13H,5-6,8-9H2,(H,20,21);2-5,9H,6H2,1H3,(H,12,13);3,5H,1-2,4,9H2,(H,12,13)/t11?,13-;11-,13+;11-,13-;9-;/m1011./s1. The van der Waals surface area contributed by atoms with Gasteiger partial charge in [-0.25, -0.2) is 43.0 Å². The van der Waals surface area contributed by atoms with E-state index in [0.29, 0.717) is 114 Å². The van der Waals surface area contributed by atoms with Crippen LogP contribution in [0, 0.1) is 0 Å². The van der Waals surface area contributed by atoms with E-state index < -0.39 is 5.97 Å². The zero-order valence-corrected chi connectivity index (χ0v) is 59.2. The van der Waals surface area contributed by atoms with Crippen LogP contribution in [-0.4, -0.2) is 149 Å². The van der Waals surface area contributed by atoms with E-state index in [1.54, 1.807) is 57.6 Å². The number of carboxylic acid groups (broad SMARTS) is 1. The number of anilines is 3. The van der Waals surface area contributed by atoms with Crippen molar-refractivity contribution in [1.29, 1.82) is 0 Å². The number of nitrogens with zero attached hydrogens (tertiary/aromatic N) is 15. The van der Waals surface area contributed by atoms with Crippen molar-refractivity contribution >= 4 is 104 Å². The fourth-order valence-corrected chi connectivity index (χ4v) is 14.6. The van der Waals surface area contributed by atoms with E-state index >= 15 is 0 Å². The summed E-state index contributed by atoms with van der Waals surface area (Å²) < 4.78 is 32.7. The molecule has 0 spiro atoms. The van der Waals surface area contributed by atoms with Crippen molar-refractivity contribution in [1.82, 2.24) is 72.5 Å². The van der Waals surface area contributed by atoms with Crippen molar-refractivity contribution in [3.05, 3.63) is 224 Å². The van der Waals surface area contributed by atoms with Crippen molar-refractivity contribution in [3.63, 3.8) is 0 Å². The normalized spacial score (nSPS) is 21.9. The number of hydrogen-bond donors (Lipinski definition) is 6. The topological polar surface area (TPSA) is 335 Å². The van der Waals surface area contributed by atoms with Crippen molar-refractivity contribution in [2.75, 3.05) is 87.4 Å². The number of hydrogen-bond acceptors (Lipinski definition) is 22. The maximum atomic E-state index is 12.8. The first-order valence-corrected chi connectivity index (χ1v) is 36.3. The molecule has 4 saturated heterocycles. The van der Waals surface area contributed by atoms with Crippen LogP contribution in [0.3, 0.4) is 0 Å². The van der Waals surface area contributed by atoms with Crippen LogP contribution in [0.4, 0.5) is 17.8 Å². The number of halogens is 4. The molecule has 4 fully saturated rings. The monoisotopic (exact) mass is 1490 g/mol. The second-order valence-electron chi connectivity index (χ2n) is 25.7. The van der Waals surface area contributed by atoms with Crippen LogP contribution < -0.4 is 43.8 Å². The van der Waals surface area contributed by atoms with Crippen LogP contribution in [0.5, 0.6) is 0 Å². The number of fused-ring (bicyclic) bond motifs is 6. The average Bonchev–Trinajstić information content (AvgIpc) is 1.61. The number of imidazole rings is 4. The Bertz CT molecular complexity index is 4750. The predicted molar refractivity (Wildman–Crippen MR) is 390 cm³/mol. The Kier molecular flexibility index (Phi) is 20.3. The van der Waals surface area contributed by atoms with Gasteiger partial charge in [-0.1, -0.05) is 107 Å². The Balaban J connectivity index is 0.000000106. The minimum Gasteiger partial charge on any atom is -0.476 e. The number of aromatic carboxylic acids is 1. The highest BCUT2D eigenvalue weighted by atomic mass is 35.5. The fourth-order valence-electron chi connectivity index (χ4n) is 13.7. The number of benzene rings is 4. The summed E-state index contributed by atoms with van der Waals surface area (Å²) in [5.41, 5.74) is 5.74. The predicted octanol–water partition coefficient (Wildman–Crippen LogP) is 9.15. The molecule has 29 nitrogen and oxygen atoms in total. The summed E-state index contributed by atoms with van der Waals surface area (Å²) in [5.74, 6) is 9.88. The van der Waals surface area contributed by atoms with Crippen molar-refractivity contribution in [2.24, 2.45) is 4.99 Å². The summed E-state index contributed by atoms with van der Waals surface area (Å²) in [6.07, 6.45) is 11.7. The lowest BCUT2D eigenvalue weighted by atomic mass is 10.1. The Hall–Kier alpha value is -9.37. The van der Waals surface area contributed by atoms with Crippen LogP contribution in [0.15, 0.2) is 141 Å². The van der Waals surface area contributed by atoms with Gasteiger partial charge >= 0.3 is 5.97 Å². The van der Waals surface area contributed by atoms with Crippen LogP contribution in [-0.2, 0) is 38.6 Å². The maximum absolute atomic E-state index is 12.8. The molecule has 8 aliphatic rings. The Labute approximate surface area is 611 Å². The van der Waals surface area contributed by atoms with Gasteiger partial charge in [0.2, 0.25) is 17.8 Å². The molecule has 0 bridgehead atoms. The molecule has 34 heteroatoms. The number of amidine groups is 1. The molecule has 534 valence electrons. The SMILES string of the molecule is CSC1=NC[C@H](c2ccc(Cl)cc2)N1.Nn1c(C(=O)O)cnc1C1CCOC1.O=c1c2cnc(C3CCOC3)n2nc2n1C[C@H](c1ccc(Cl)cc1)N2.O=c1c2cnc([C@@H]3CCOC3)n2nc2n1C[C@H](c1ccc(Cl)cc1)N2.O=c1c2cnc([C@H]3CCOC3)n2nc2n1C[C@H](c1ccc(Cl)cc1)N2. The highest BCUT2D eigenvalue weighted by molar-refractivity contribution is 8.13. The van der Waals surface area contributed by atoms with E-state index in [9.17, 15) is 19.2 Å². The molecule has 103 heavy (non-hydrogen) atoms. The highest BCUT2D eigenvalue weighted by Gasteiger charge is 2.34. The molecule has 4 aromatic carbocycles. The van der Waals surface area contributed by atoms with Gasteiger partial charge < -0.3 is 51.2 Å². The molecule has 0 amide bonds. The van der Waals surface area contributed by atoms with Gasteiger partial charge in [0.1, 0.15) is 23.3 Å². The summed E-state index contributed by atoms with van der Waals surface area (Å²) in [4.78, 5) is 70.9. The zero-order valence-electron chi connectivity index (χ0n) is 55.4. The third kappa shape index (κ3) is 14.4. The molecule has 8 atom stereocenters. The van der Waals surface area contributed by atoms with Gasteiger partial charge in [0.25, 0.3) is 16.7 Å². The Morgan fingerprint density at radius 1 is 0.466 bits per heavy atom. The van der Waals surface area contributed by atoms with Gasteiger partial charge in [0, 0.05) is 70.2 Å². The molecule has 0 radical (unpaired) electrons. The summed E-state index contributed by atoms with van der Waals surface area (Å²) in [5, 5.41) is 39.9. The van der Waals surface area contributed by atoms with Crippen LogP contribution in [0.25, 0.3) is 16.6 Å². The van der Waals surface area contributed by atoms with Crippen LogP contribution in [0.1, 0.15) is 130 Å². The quantitative estimate of drug-likeness (QED) is 0.0733. The van der Waals surface area contributed by atoms with Gasteiger partial charge in [-0.15, -0.1) is 15.3 Å². The fraction of sp³-hybridized carbons (Fsp3) is 0.362. The lowest BCUT2D eigenvalue weighted by molar-refractivity contribution is 0.0686. The van der Waals surface area contributed by atoms with Crippen molar-refractivity contribution in [3.8, 4) is 0 Å². The van der Waals surface area contributed by atoms with Crippen LogP contribution in [0.2, 0.25) is 20.1 Å². The first-order valence-electron chi connectivity index (χ1n) is 33.6. The summed E-state index contributed by atoms with van der Waals surface area (Å²) >= 11 is 25.3. The first-order chi connectivity index (χ1) is 50.1. The number of thioether (sulfide) groups is 1. The van der Waals surface area contributed by atoms with E-state index in [4.69, 9.17) is 76.3 Å². The van der Waals surface area contributed by atoms with E-state index in [1.807, 2.05) is 103 Å². The lowest BCUT2D eigenvalue weighted by Crippen LogP contribution is -2.22. The second kappa shape index (κ2) is 30.1. The first kappa shape index (κ1) is 69.4. The zero-order chi connectivity index (χ0) is 71.0. The number of rotatable bonds is 9. The largest absolute Gasteiger partial charge is 0.476 e. The van der Waals surface area contributed by atoms with E-state index in [2.05, 4.69) is 61.5 Å². The molecule has 7 aromatic heterocycles. The molecule has 8 aliphatic heterocycles. The minimum absolute atomic E-state index is 0.00389. The van der Waals surface area contributed by atoms with Gasteiger partial charge in [-0.3, -0.25) is 33.1 Å². The summed E-state index contributed by atoms with van der Waals surface area (Å²) in [6, 6.07) is 31.1. The van der Waals surface area contributed by atoms with E-state index in [-0.39, 0.29) is 64.2 Å². The molecule has 19 rings (SSSR count). The molecular formula is C69H70Cl4N20O9S. The number of carboxylic acids is 1. The van der Waals surface area contributed by atoms with E-state index in [0.717, 1.165) is 101 Å². The number of nitrogens with one attached hydrogen (secondary N) is 4. The molecule has 0 saturated carbocycles. The van der Waals surface area contributed by atoms with E-state index in [1.165, 1.54) is 11.8 Å². The number of aromatic nitrogens is 14. The molecule has 0 aliphatic carbocycles. The molecule has 2 unspecified atom stereocenters. The maximum Gasteiger partial charge on any atom is 0.356 e. The second-order valence-corrected chi connectivity index (χ2v) is 28.3. The number of ether oxygens (including phenoxy) is 4. The van der Waals surface area contributed by atoms with Crippen molar-refractivity contribution in [2.45, 2.75) is 93.2 Å². The van der Waals surface area contributed by atoms with Gasteiger partial charge in [-0.2, -0.15) is 0 Å². The van der Waals surface area contributed by atoms with Gasteiger partial charge in [-0.05, 0) is 103 Å². The molecule has 11 aromatic rings. The smallest absolute Gasteiger partial charge is 0.356 e.